The Morgan fingerprint density at radius 1 is 1.40 bits per heavy atom. The molecule has 1 aliphatic heterocycles. The third-order valence-electron chi connectivity index (χ3n) is 5.28. The first-order chi connectivity index (χ1) is 12.2. The van der Waals surface area contributed by atoms with Crippen LogP contribution < -0.4 is 10.5 Å². The molecule has 7 heteroatoms. The standard InChI is InChI=1S/C18H23N3O3S/c1-2-24-18(23)11-5-4-8-21(9-11)10-14-19-16(22)15-12-6-3-7-13(12)25-17(15)20-14/h11H,2-10H2,1H3,(H,19,20,22)/p+1/t11-/m1/s1. The van der Waals surface area contributed by atoms with Gasteiger partial charge in [-0.15, -0.1) is 11.3 Å². The number of aryl methyl sites for hydroxylation is 2. The molecule has 1 saturated heterocycles. The van der Waals surface area contributed by atoms with Gasteiger partial charge >= 0.3 is 5.97 Å². The molecule has 2 atom stereocenters. The molecular formula is C18H24N3O3S+. The Morgan fingerprint density at radius 2 is 2.28 bits per heavy atom. The van der Waals surface area contributed by atoms with Gasteiger partial charge in [-0.3, -0.25) is 9.59 Å². The molecule has 0 amide bonds. The molecule has 4 rings (SSSR count). The van der Waals surface area contributed by atoms with Gasteiger partial charge < -0.3 is 14.6 Å². The lowest BCUT2D eigenvalue weighted by Crippen LogP contribution is -3.12. The predicted molar refractivity (Wildman–Crippen MR) is 96.0 cm³/mol. The minimum Gasteiger partial charge on any atom is -0.466 e. The lowest BCUT2D eigenvalue weighted by molar-refractivity contribution is -0.921. The van der Waals surface area contributed by atoms with E-state index in [0.717, 1.165) is 61.2 Å². The Kier molecular flexibility index (Phi) is 4.60. The predicted octanol–water partition coefficient (Wildman–Crippen LogP) is 0.831. The number of nitrogens with one attached hydrogen (secondary N) is 2. The van der Waals surface area contributed by atoms with Crippen molar-refractivity contribution in [2.75, 3.05) is 19.7 Å². The van der Waals surface area contributed by atoms with Gasteiger partial charge in [0, 0.05) is 4.88 Å². The highest BCUT2D eigenvalue weighted by molar-refractivity contribution is 7.18. The molecule has 2 N–H and O–H groups in total. The number of carbonyl (C=O) groups is 1. The van der Waals surface area contributed by atoms with Gasteiger partial charge in [-0.05, 0) is 44.6 Å². The number of thiophene rings is 1. The zero-order chi connectivity index (χ0) is 17.4. The van der Waals surface area contributed by atoms with E-state index < -0.39 is 0 Å². The summed E-state index contributed by atoms with van der Waals surface area (Å²) in [6.45, 7) is 4.68. The molecular weight excluding hydrogens is 338 g/mol. The average Bonchev–Trinajstić information content (AvgIpc) is 3.15. The highest BCUT2D eigenvalue weighted by Gasteiger charge is 2.30. The van der Waals surface area contributed by atoms with Gasteiger partial charge in [0.1, 0.15) is 17.3 Å². The Balaban J connectivity index is 1.53. The van der Waals surface area contributed by atoms with E-state index in [4.69, 9.17) is 9.72 Å². The van der Waals surface area contributed by atoms with Crippen molar-refractivity contribution in [2.45, 2.75) is 45.6 Å². The summed E-state index contributed by atoms with van der Waals surface area (Å²) in [4.78, 5) is 35.8. The number of quaternary nitrogens is 1. The summed E-state index contributed by atoms with van der Waals surface area (Å²) in [5.74, 6) is 0.605. The molecule has 2 aliphatic rings. The first-order valence-corrected chi connectivity index (χ1v) is 10.0. The Morgan fingerprint density at radius 3 is 3.12 bits per heavy atom. The van der Waals surface area contributed by atoms with Crippen LogP contribution in [0.25, 0.3) is 10.2 Å². The fraction of sp³-hybridized carbons (Fsp3) is 0.611. The van der Waals surface area contributed by atoms with Crippen molar-refractivity contribution in [2.24, 2.45) is 5.92 Å². The van der Waals surface area contributed by atoms with Crippen molar-refractivity contribution in [1.82, 2.24) is 9.97 Å². The molecule has 134 valence electrons. The molecule has 25 heavy (non-hydrogen) atoms. The largest absolute Gasteiger partial charge is 0.466 e. The Hall–Kier alpha value is -1.73. The zero-order valence-electron chi connectivity index (χ0n) is 14.5. The molecule has 1 unspecified atom stereocenters. The number of rotatable bonds is 4. The number of hydrogen-bond acceptors (Lipinski definition) is 5. The third kappa shape index (κ3) is 3.22. The minimum absolute atomic E-state index is 0.00208. The highest BCUT2D eigenvalue weighted by atomic mass is 32.1. The average molecular weight is 362 g/mol. The summed E-state index contributed by atoms with van der Waals surface area (Å²) in [6.07, 6.45) is 5.11. The number of aromatic nitrogens is 2. The van der Waals surface area contributed by atoms with Crippen molar-refractivity contribution >= 4 is 27.5 Å². The van der Waals surface area contributed by atoms with Crippen LogP contribution in [0.2, 0.25) is 0 Å². The number of aromatic amines is 1. The smallest absolute Gasteiger partial charge is 0.314 e. The van der Waals surface area contributed by atoms with Crippen LogP contribution in [-0.2, 0) is 28.9 Å². The number of carbonyl (C=O) groups excluding carboxylic acids is 1. The van der Waals surface area contributed by atoms with Gasteiger partial charge in [-0.2, -0.15) is 0 Å². The second kappa shape index (κ2) is 6.88. The van der Waals surface area contributed by atoms with Crippen LogP contribution in [0.15, 0.2) is 4.79 Å². The second-order valence-corrected chi connectivity index (χ2v) is 8.11. The first kappa shape index (κ1) is 16.7. The highest BCUT2D eigenvalue weighted by Crippen LogP contribution is 2.34. The van der Waals surface area contributed by atoms with Crippen LogP contribution >= 0.6 is 11.3 Å². The molecule has 0 aromatic carbocycles. The van der Waals surface area contributed by atoms with Crippen molar-refractivity contribution < 1.29 is 14.4 Å². The SMILES string of the molecule is CCOC(=O)[C@@H]1CCC[NH+](Cc2nc3sc4c(c3c(=O)[nH]2)CCC4)C1. The molecule has 3 heterocycles. The summed E-state index contributed by atoms with van der Waals surface area (Å²) in [7, 11) is 0. The van der Waals surface area contributed by atoms with Crippen LogP contribution in [0.4, 0.5) is 0 Å². The number of esters is 1. The maximum atomic E-state index is 12.5. The van der Waals surface area contributed by atoms with Crippen molar-refractivity contribution in [3.8, 4) is 0 Å². The van der Waals surface area contributed by atoms with Gasteiger partial charge in [0.05, 0.1) is 25.1 Å². The van der Waals surface area contributed by atoms with Crippen LogP contribution in [-0.4, -0.2) is 35.6 Å². The number of ether oxygens (including phenoxy) is 1. The van der Waals surface area contributed by atoms with Gasteiger partial charge in [0.15, 0.2) is 5.82 Å². The van der Waals surface area contributed by atoms with Crippen LogP contribution in [0.5, 0.6) is 0 Å². The number of hydrogen-bond donors (Lipinski definition) is 2. The van der Waals surface area contributed by atoms with E-state index in [1.807, 2.05) is 6.92 Å². The third-order valence-corrected chi connectivity index (χ3v) is 6.47. The minimum atomic E-state index is -0.0914. The maximum absolute atomic E-state index is 12.5. The van der Waals surface area contributed by atoms with Crippen molar-refractivity contribution in [3.63, 3.8) is 0 Å². The number of piperidine rings is 1. The van der Waals surface area contributed by atoms with E-state index in [0.29, 0.717) is 13.2 Å². The van der Waals surface area contributed by atoms with E-state index >= 15 is 0 Å². The molecule has 6 nitrogen and oxygen atoms in total. The molecule has 0 bridgehead atoms. The topological polar surface area (TPSA) is 76.5 Å². The summed E-state index contributed by atoms with van der Waals surface area (Å²) < 4.78 is 5.17. The number of H-pyrrole nitrogens is 1. The number of nitrogens with zero attached hydrogens (tertiary/aromatic N) is 1. The van der Waals surface area contributed by atoms with Crippen LogP contribution in [0.3, 0.4) is 0 Å². The zero-order valence-corrected chi connectivity index (χ0v) is 15.3. The van der Waals surface area contributed by atoms with E-state index in [1.54, 1.807) is 11.3 Å². The second-order valence-electron chi connectivity index (χ2n) is 7.02. The van der Waals surface area contributed by atoms with E-state index in [9.17, 15) is 9.59 Å². The fourth-order valence-corrected chi connectivity index (χ4v) is 5.42. The van der Waals surface area contributed by atoms with Gasteiger partial charge in [-0.1, -0.05) is 0 Å². The molecule has 0 spiro atoms. The Labute approximate surface area is 150 Å². The van der Waals surface area contributed by atoms with Gasteiger partial charge in [0.25, 0.3) is 5.56 Å². The van der Waals surface area contributed by atoms with Gasteiger partial charge in [0.2, 0.25) is 0 Å². The van der Waals surface area contributed by atoms with Crippen LogP contribution in [0, 0.1) is 5.92 Å². The van der Waals surface area contributed by atoms with E-state index in [-0.39, 0.29) is 17.4 Å². The van der Waals surface area contributed by atoms with Crippen LogP contribution in [0.1, 0.15) is 42.5 Å². The lowest BCUT2D eigenvalue weighted by atomic mass is 9.98. The monoisotopic (exact) mass is 362 g/mol. The Bertz CT molecular complexity index is 857. The van der Waals surface area contributed by atoms with E-state index in [1.165, 1.54) is 15.3 Å². The van der Waals surface area contributed by atoms with Crippen molar-refractivity contribution in [3.05, 3.63) is 26.6 Å². The normalized spacial score (nSPS) is 22.9. The van der Waals surface area contributed by atoms with Gasteiger partial charge in [-0.25, -0.2) is 4.98 Å². The molecule has 0 saturated carbocycles. The quantitative estimate of drug-likeness (QED) is 0.790. The number of likely N-dealkylation sites (tertiary alicyclic amines) is 1. The maximum Gasteiger partial charge on any atom is 0.314 e. The fourth-order valence-electron chi connectivity index (χ4n) is 4.14. The molecule has 2 aromatic heterocycles. The molecule has 2 aromatic rings. The van der Waals surface area contributed by atoms with Crippen molar-refractivity contribution in [1.29, 1.82) is 0 Å². The first-order valence-electron chi connectivity index (χ1n) is 9.19. The van der Waals surface area contributed by atoms with E-state index in [2.05, 4.69) is 4.98 Å². The summed E-state index contributed by atoms with van der Waals surface area (Å²) in [6, 6.07) is 0. The number of fused-ring (bicyclic) bond motifs is 3. The molecule has 1 fully saturated rings. The molecule has 0 radical (unpaired) electrons. The summed E-state index contributed by atoms with van der Waals surface area (Å²) in [5.41, 5.74) is 1.21. The molecule has 1 aliphatic carbocycles. The summed E-state index contributed by atoms with van der Waals surface area (Å²) in [5, 5.41) is 0.805. The lowest BCUT2D eigenvalue weighted by Gasteiger charge is -2.28. The summed E-state index contributed by atoms with van der Waals surface area (Å²) >= 11 is 1.67.